The van der Waals surface area contributed by atoms with E-state index in [0.717, 1.165) is 57.8 Å². The second-order valence-electron chi connectivity index (χ2n) is 15.7. The average Bonchev–Trinajstić information content (AvgIpc) is 3.14. The van der Waals surface area contributed by atoms with Crippen molar-refractivity contribution in [2.45, 2.75) is 264 Å². The molecule has 0 radical (unpaired) electrons. The first-order valence-electron chi connectivity index (χ1n) is 23.0. The Kier molecular flexibility index (Phi) is 40.9. The summed E-state index contributed by atoms with van der Waals surface area (Å²) in [6.45, 7) is 6.60. The molecule has 0 aliphatic rings. The van der Waals surface area contributed by atoms with Gasteiger partial charge in [0, 0.05) is 19.3 Å². The van der Waals surface area contributed by atoms with Gasteiger partial charge in [0.05, 0.1) is 0 Å². The van der Waals surface area contributed by atoms with Gasteiger partial charge in [-0.25, -0.2) is 0 Å². The van der Waals surface area contributed by atoms with Crippen molar-refractivity contribution in [1.29, 1.82) is 0 Å². The van der Waals surface area contributed by atoms with Crippen molar-refractivity contribution in [1.82, 2.24) is 0 Å². The largest absolute Gasteiger partial charge is 0.462 e. The lowest BCUT2D eigenvalue weighted by Crippen LogP contribution is -2.30. The minimum absolute atomic E-state index is 0.0632. The molecule has 0 aromatic carbocycles. The van der Waals surface area contributed by atoms with Crippen LogP contribution in [0.25, 0.3) is 0 Å². The first kappa shape index (κ1) is 50.4. The van der Waals surface area contributed by atoms with Crippen LogP contribution in [0.15, 0.2) is 0 Å². The molecule has 0 saturated heterocycles. The fraction of sp³-hybridized carbons (Fsp3) is 0.935. The summed E-state index contributed by atoms with van der Waals surface area (Å²) in [6, 6.07) is 0. The molecule has 6 nitrogen and oxygen atoms in total. The van der Waals surface area contributed by atoms with Crippen LogP contribution in [0.2, 0.25) is 0 Å². The lowest BCUT2D eigenvalue weighted by atomic mass is 10.0. The Bertz CT molecular complexity index is 768. The molecule has 6 heteroatoms. The van der Waals surface area contributed by atoms with E-state index < -0.39 is 6.10 Å². The summed E-state index contributed by atoms with van der Waals surface area (Å²) in [5.41, 5.74) is 0. The van der Waals surface area contributed by atoms with Crippen molar-refractivity contribution in [3.05, 3.63) is 0 Å². The van der Waals surface area contributed by atoms with Gasteiger partial charge in [-0.1, -0.05) is 220 Å². The van der Waals surface area contributed by atoms with Gasteiger partial charge in [0.15, 0.2) is 6.10 Å². The van der Waals surface area contributed by atoms with E-state index in [4.69, 9.17) is 14.2 Å². The standard InChI is InChI=1S/C46H88O6/c1-4-7-10-13-16-18-20-21-22-23-24-25-26-28-30-33-36-39-45(48)51-42-43(41-50-44(47)38-35-32-29-15-12-9-6-3)52-46(49)40-37-34-31-27-19-17-14-11-8-5-2/h43H,4-42H2,1-3H3/t43-/m0/s1. The number of carbonyl (C=O) groups excluding carboxylic acids is 3. The molecule has 1 atom stereocenters. The molecule has 0 unspecified atom stereocenters. The maximum atomic E-state index is 12.6. The summed E-state index contributed by atoms with van der Waals surface area (Å²) >= 11 is 0. The number of hydrogen-bond donors (Lipinski definition) is 0. The van der Waals surface area contributed by atoms with Crippen molar-refractivity contribution in [2.24, 2.45) is 0 Å². The third-order valence-corrected chi connectivity index (χ3v) is 10.4. The molecule has 0 heterocycles. The zero-order valence-electron chi connectivity index (χ0n) is 35.1. The maximum absolute atomic E-state index is 12.6. The molecule has 0 spiro atoms. The minimum Gasteiger partial charge on any atom is -0.462 e. The first-order chi connectivity index (χ1) is 25.5. The number of rotatable bonds is 42. The van der Waals surface area contributed by atoms with Gasteiger partial charge in [-0.2, -0.15) is 0 Å². The second-order valence-corrected chi connectivity index (χ2v) is 15.7. The Morgan fingerprint density at radius 2 is 0.519 bits per heavy atom. The van der Waals surface area contributed by atoms with Gasteiger partial charge in [0.25, 0.3) is 0 Å². The van der Waals surface area contributed by atoms with Gasteiger partial charge >= 0.3 is 17.9 Å². The highest BCUT2D eigenvalue weighted by Gasteiger charge is 2.19. The van der Waals surface area contributed by atoms with E-state index in [9.17, 15) is 14.4 Å². The van der Waals surface area contributed by atoms with E-state index in [1.165, 1.54) is 161 Å². The maximum Gasteiger partial charge on any atom is 0.306 e. The highest BCUT2D eigenvalue weighted by atomic mass is 16.6. The Hall–Kier alpha value is -1.59. The quantitative estimate of drug-likeness (QED) is 0.0353. The van der Waals surface area contributed by atoms with Gasteiger partial charge in [0.1, 0.15) is 13.2 Å². The van der Waals surface area contributed by atoms with Crippen LogP contribution >= 0.6 is 0 Å². The summed E-state index contributed by atoms with van der Waals surface area (Å²) in [5, 5.41) is 0. The number of hydrogen-bond acceptors (Lipinski definition) is 6. The summed E-state index contributed by atoms with van der Waals surface area (Å²) in [5.74, 6) is -0.859. The second kappa shape index (κ2) is 42.2. The third kappa shape index (κ3) is 39.6. The third-order valence-electron chi connectivity index (χ3n) is 10.4. The molecule has 0 fully saturated rings. The molecule has 0 N–H and O–H groups in total. The highest BCUT2D eigenvalue weighted by molar-refractivity contribution is 5.71. The van der Waals surface area contributed by atoms with Crippen molar-refractivity contribution in [3.63, 3.8) is 0 Å². The van der Waals surface area contributed by atoms with Crippen LogP contribution in [-0.4, -0.2) is 37.2 Å². The Labute approximate surface area is 323 Å². The normalized spacial score (nSPS) is 11.8. The lowest BCUT2D eigenvalue weighted by molar-refractivity contribution is -0.167. The monoisotopic (exact) mass is 737 g/mol. The van der Waals surface area contributed by atoms with Crippen LogP contribution in [0.5, 0.6) is 0 Å². The van der Waals surface area contributed by atoms with E-state index in [0.29, 0.717) is 19.3 Å². The summed E-state index contributed by atoms with van der Waals surface area (Å²) < 4.78 is 16.6. The van der Waals surface area contributed by atoms with Crippen LogP contribution in [-0.2, 0) is 28.6 Å². The fourth-order valence-electron chi connectivity index (χ4n) is 6.85. The minimum atomic E-state index is -0.756. The zero-order chi connectivity index (χ0) is 38.0. The van der Waals surface area contributed by atoms with Gasteiger partial charge in [-0.15, -0.1) is 0 Å². The molecule has 0 rings (SSSR count). The van der Waals surface area contributed by atoms with Crippen LogP contribution < -0.4 is 0 Å². The first-order valence-corrected chi connectivity index (χ1v) is 23.0. The zero-order valence-corrected chi connectivity index (χ0v) is 35.1. The number of unbranched alkanes of at least 4 members (excludes halogenated alkanes) is 31. The van der Waals surface area contributed by atoms with E-state index in [-0.39, 0.29) is 31.1 Å². The van der Waals surface area contributed by atoms with E-state index in [1.54, 1.807) is 0 Å². The fourth-order valence-corrected chi connectivity index (χ4v) is 6.85. The smallest absolute Gasteiger partial charge is 0.306 e. The number of carbonyl (C=O) groups is 3. The van der Waals surface area contributed by atoms with Crippen LogP contribution in [0, 0.1) is 0 Å². The molecular weight excluding hydrogens is 648 g/mol. The van der Waals surface area contributed by atoms with E-state index >= 15 is 0 Å². The summed E-state index contributed by atoms with van der Waals surface area (Å²) in [4.78, 5) is 37.5. The molecule has 308 valence electrons. The van der Waals surface area contributed by atoms with Crippen molar-refractivity contribution in [3.8, 4) is 0 Å². The Morgan fingerprint density at radius 1 is 0.308 bits per heavy atom. The molecule has 0 bridgehead atoms. The van der Waals surface area contributed by atoms with Crippen LogP contribution in [0.4, 0.5) is 0 Å². The highest BCUT2D eigenvalue weighted by Crippen LogP contribution is 2.16. The van der Waals surface area contributed by atoms with Gasteiger partial charge in [-0.05, 0) is 19.3 Å². The van der Waals surface area contributed by atoms with Gasteiger partial charge in [0.2, 0.25) is 0 Å². The van der Waals surface area contributed by atoms with Gasteiger partial charge < -0.3 is 14.2 Å². The van der Waals surface area contributed by atoms with Crippen molar-refractivity contribution < 1.29 is 28.6 Å². The summed E-state index contributed by atoms with van der Waals surface area (Å²) in [7, 11) is 0. The van der Waals surface area contributed by atoms with Crippen molar-refractivity contribution >= 4 is 17.9 Å². The predicted molar refractivity (Wildman–Crippen MR) is 220 cm³/mol. The van der Waals surface area contributed by atoms with E-state index in [1.807, 2.05) is 0 Å². The average molecular weight is 737 g/mol. The molecule has 0 aromatic rings. The predicted octanol–water partition coefficient (Wildman–Crippen LogP) is 14.5. The Morgan fingerprint density at radius 3 is 0.769 bits per heavy atom. The van der Waals surface area contributed by atoms with Crippen LogP contribution in [0.3, 0.4) is 0 Å². The lowest BCUT2D eigenvalue weighted by Gasteiger charge is -2.18. The molecular formula is C46H88O6. The molecule has 0 aliphatic carbocycles. The molecule has 0 amide bonds. The van der Waals surface area contributed by atoms with E-state index in [2.05, 4.69) is 20.8 Å². The van der Waals surface area contributed by atoms with Gasteiger partial charge in [-0.3, -0.25) is 14.4 Å². The number of esters is 3. The molecule has 0 aromatic heterocycles. The molecule has 0 saturated carbocycles. The Balaban J connectivity index is 4.19. The summed E-state index contributed by atoms with van der Waals surface area (Å²) in [6.07, 6.45) is 42.4. The molecule has 52 heavy (non-hydrogen) atoms. The number of ether oxygens (including phenoxy) is 3. The molecule has 0 aliphatic heterocycles. The SMILES string of the molecule is CCCCCCCCCCCCCCCCCCCC(=O)OC[C@H](COC(=O)CCCCCCCCC)OC(=O)CCCCCCCCCCCC. The van der Waals surface area contributed by atoms with Crippen LogP contribution in [0.1, 0.15) is 258 Å². The topological polar surface area (TPSA) is 78.9 Å². The van der Waals surface area contributed by atoms with Crippen molar-refractivity contribution in [2.75, 3.05) is 13.2 Å².